The standard InChI is InChI=1S/C38H19BN4/c1-3-16-29-21(9-1)23-11-6-13-26-35(23)42(29)37-25-19-40-28-15-5-8-20-18-41-34(32(25)31(20)28)38-33(37)39(26)27-14-7-12-24-22-10-2-4-17-30(22)43(38)36(24)27/h1-19H. The lowest BCUT2D eigenvalue weighted by Crippen LogP contribution is -2.59. The lowest BCUT2D eigenvalue weighted by Gasteiger charge is -2.35. The molecule has 0 radical (unpaired) electrons. The second-order valence-electron chi connectivity index (χ2n) is 12.1. The van der Waals surface area contributed by atoms with Crippen molar-refractivity contribution in [1.29, 1.82) is 0 Å². The van der Waals surface area contributed by atoms with Crippen LogP contribution < -0.4 is 16.4 Å². The molecule has 0 amide bonds. The van der Waals surface area contributed by atoms with E-state index in [0.29, 0.717) is 0 Å². The highest BCUT2D eigenvalue weighted by atomic mass is 15.0. The minimum absolute atomic E-state index is 0.0785. The summed E-state index contributed by atoms with van der Waals surface area (Å²) >= 11 is 0. The number of hydrogen-bond acceptors (Lipinski definition) is 2. The van der Waals surface area contributed by atoms with Crippen LogP contribution >= 0.6 is 0 Å². The first-order valence-corrected chi connectivity index (χ1v) is 14.9. The molecule has 2 aliphatic heterocycles. The summed E-state index contributed by atoms with van der Waals surface area (Å²) in [6.45, 7) is 0.0785. The largest absolute Gasteiger partial charge is 0.310 e. The van der Waals surface area contributed by atoms with Gasteiger partial charge < -0.3 is 9.13 Å². The molecular formula is C38H19BN4. The molecule has 6 heterocycles. The average molecular weight is 542 g/mol. The van der Waals surface area contributed by atoms with Crippen LogP contribution in [0.25, 0.3) is 87.6 Å². The monoisotopic (exact) mass is 542 g/mol. The Balaban J connectivity index is 1.47. The minimum atomic E-state index is 0.0785. The summed E-state index contributed by atoms with van der Waals surface area (Å²) in [6.07, 6.45) is 4.16. The summed E-state index contributed by atoms with van der Waals surface area (Å²) in [5.41, 5.74) is 13.6. The molecule has 6 aromatic carbocycles. The van der Waals surface area contributed by atoms with Gasteiger partial charge in [-0.05, 0) is 34.6 Å². The smallest absolute Gasteiger partial charge is 0.252 e. The number of fused-ring (bicyclic) bond motifs is 12. The molecule has 0 fully saturated rings. The van der Waals surface area contributed by atoms with E-state index in [1.54, 1.807) is 0 Å². The van der Waals surface area contributed by atoms with Crippen molar-refractivity contribution in [3.8, 4) is 11.4 Å². The molecule has 12 rings (SSSR count). The fourth-order valence-corrected chi connectivity index (χ4v) is 8.81. The highest BCUT2D eigenvalue weighted by Gasteiger charge is 2.42. The zero-order valence-corrected chi connectivity index (χ0v) is 22.8. The predicted molar refractivity (Wildman–Crippen MR) is 179 cm³/mol. The molecule has 0 aliphatic carbocycles. The second kappa shape index (κ2) is 6.85. The van der Waals surface area contributed by atoms with Crippen LogP contribution in [0, 0.1) is 0 Å². The van der Waals surface area contributed by atoms with Crippen LogP contribution in [0.4, 0.5) is 0 Å². The summed E-state index contributed by atoms with van der Waals surface area (Å²) in [5.74, 6) is 0. The Bertz CT molecular complexity index is 2720. The highest BCUT2D eigenvalue weighted by Crippen LogP contribution is 2.45. The molecule has 4 nitrogen and oxygen atoms in total. The van der Waals surface area contributed by atoms with Gasteiger partial charge in [0.25, 0.3) is 6.71 Å². The maximum absolute atomic E-state index is 5.30. The van der Waals surface area contributed by atoms with Crippen molar-refractivity contribution in [1.82, 2.24) is 19.1 Å². The maximum atomic E-state index is 5.30. The Labute approximate surface area is 244 Å². The van der Waals surface area contributed by atoms with Crippen molar-refractivity contribution in [2.24, 2.45) is 0 Å². The number of rotatable bonds is 0. The van der Waals surface area contributed by atoms with E-state index in [1.165, 1.54) is 87.5 Å². The number of para-hydroxylation sites is 4. The summed E-state index contributed by atoms with van der Waals surface area (Å²) in [5, 5.41) is 9.85. The van der Waals surface area contributed by atoms with Crippen molar-refractivity contribution >= 4 is 99.3 Å². The van der Waals surface area contributed by atoms with Crippen molar-refractivity contribution in [3.05, 3.63) is 116 Å². The van der Waals surface area contributed by atoms with Crippen LogP contribution in [-0.4, -0.2) is 25.8 Å². The molecule has 10 aromatic rings. The first kappa shape index (κ1) is 21.1. The molecule has 0 N–H and O–H groups in total. The van der Waals surface area contributed by atoms with E-state index in [9.17, 15) is 0 Å². The minimum Gasteiger partial charge on any atom is -0.310 e. The Morgan fingerprint density at radius 1 is 0.488 bits per heavy atom. The van der Waals surface area contributed by atoms with Gasteiger partial charge in [-0.2, -0.15) is 0 Å². The van der Waals surface area contributed by atoms with Crippen LogP contribution in [0.15, 0.2) is 116 Å². The van der Waals surface area contributed by atoms with E-state index in [2.05, 4.69) is 118 Å². The molecule has 43 heavy (non-hydrogen) atoms. The highest BCUT2D eigenvalue weighted by molar-refractivity contribution is 7.00. The quantitative estimate of drug-likeness (QED) is 0.158. The fourth-order valence-electron chi connectivity index (χ4n) is 8.81. The van der Waals surface area contributed by atoms with E-state index < -0.39 is 0 Å². The Kier molecular flexibility index (Phi) is 3.36. The van der Waals surface area contributed by atoms with Crippen LogP contribution in [0.2, 0.25) is 0 Å². The second-order valence-corrected chi connectivity index (χ2v) is 12.1. The van der Waals surface area contributed by atoms with Gasteiger partial charge in [0.15, 0.2) is 0 Å². The third-order valence-electron chi connectivity index (χ3n) is 10.3. The molecule has 5 heteroatoms. The van der Waals surface area contributed by atoms with E-state index >= 15 is 0 Å². The van der Waals surface area contributed by atoms with Crippen molar-refractivity contribution in [2.45, 2.75) is 0 Å². The SMILES string of the molecule is c1cc2cnc3c4c5c(c6cnc(c1)c2c63)-n1c2ccccc2c2cccc(c21)B5c1cccc2c3ccccc3n-4c12. The number of hydrogen-bond donors (Lipinski definition) is 0. The fraction of sp³-hybridized carbons (Fsp3) is 0. The normalized spacial score (nSPS) is 13.5. The van der Waals surface area contributed by atoms with Crippen molar-refractivity contribution in [3.63, 3.8) is 0 Å². The first-order valence-electron chi connectivity index (χ1n) is 14.9. The Hall–Kier alpha value is -5.68. The molecule has 0 saturated carbocycles. The van der Waals surface area contributed by atoms with Crippen LogP contribution in [0.5, 0.6) is 0 Å². The summed E-state index contributed by atoms with van der Waals surface area (Å²) in [7, 11) is 0. The van der Waals surface area contributed by atoms with E-state index in [4.69, 9.17) is 9.97 Å². The van der Waals surface area contributed by atoms with E-state index in [1.807, 2.05) is 6.20 Å². The molecule has 0 saturated heterocycles. The summed E-state index contributed by atoms with van der Waals surface area (Å²) in [4.78, 5) is 10.4. The maximum Gasteiger partial charge on any atom is 0.252 e. The van der Waals surface area contributed by atoms with Crippen LogP contribution in [0.3, 0.4) is 0 Å². The molecule has 0 spiro atoms. The average Bonchev–Trinajstić information content (AvgIpc) is 3.58. The molecule has 0 atom stereocenters. The van der Waals surface area contributed by atoms with E-state index in [-0.39, 0.29) is 6.71 Å². The molecule has 4 aromatic heterocycles. The van der Waals surface area contributed by atoms with E-state index in [0.717, 1.165) is 16.4 Å². The molecule has 2 aliphatic rings. The van der Waals surface area contributed by atoms with Gasteiger partial charge >= 0.3 is 0 Å². The van der Waals surface area contributed by atoms with Gasteiger partial charge in [0.1, 0.15) is 0 Å². The van der Waals surface area contributed by atoms with Gasteiger partial charge in [0.2, 0.25) is 0 Å². The third-order valence-corrected chi connectivity index (χ3v) is 10.3. The first-order chi connectivity index (χ1) is 21.4. The van der Waals surface area contributed by atoms with Gasteiger partial charge in [-0.1, -0.05) is 84.9 Å². The Morgan fingerprint density at radius 3 is 1.84 bits per heavy atom. The van der Waals surface area contributed by atoms with Gasteiger partial charge in [0, 0.05) is 66.5 Å². The van der Waals surface area contributed by atoms with Crippen molar-refractivity contribution < 1.29 is 0 Å². The number of nitrogens with zero attached hydrogens (tertiary/aromatic N) is 4. The molecule has 194 valence electrons. The van der Waals surface area contributed by atoms with Gasteiger partial charge in [-0.15, -0.1) is 0 Å². The molecule has 0 unspecified atom stereocenters. The molecule has 0 bridgehead atoms. The Morgan fingerprint density at radius 2 is 1.12 bits per heavy atom. The van der Waals surface area contributed by atoms with Crippen molar-refractivity contribution in [2.75, 3.05) is 0 Å². The topological polar surface area (TPSA) is 35.6 Å². The third kappa shape index (κ3) is 2.17. The van der Waals surface area contributed by atoms with Gasteiger partial charge in [-0.3, -0.25) is 9.97 Å². The predicted octanol–water partition coefficient (Wildman–Crippen LogP) is 6.71. The van der Waals surface area contributed by atoms with Crippen LogP contribution in [0.1, 0.15) is 0 Å². The summed E-state index contributed by atoms with van der Waals surface area (Å²) in [6, 6.07) is 37.9. The zero-order chi connectivity index (χ0) is 27.6. The zero-order valence-electron chi connectivity index (χ0n) is 22.8. The number of pyridine rings is 2. The number of benzene rings is 6. The van der Waals surface area contributed by atoms with Gasteiger partial charge in [-0.25, -0.2) is 0 Å². The van der Waals surface area contributed by atoms with Gasteiger partial charge in [0.05, 0.1) is 33.4 Å². The summed E-state index contributed by atoms with van der Waals surface area (Å²) < 4.78 is 5.07. The lowest BCUT2D eigenvalue weighted by molar-refractivity contribution is 1.16. The number of aromatic nitrogens is 4. The van der Waals surface area contributed by atoms with Crippen LogP contribution in [-0.2, 0) is 0 Å². The molecular weight excluding hydrogens is 523 g/mol. The lowest BCUT2D eigenvalue weighted by atomic mass is 9.34.